The second-order valence-corrected chi connectivity index (χ2v) is 3.50. The fourth-order valence-electron chi connectivity index (χ4n) is 1.31. The summed E-state index contributed by atoms with van der Waals surface area (Å²) in [7, 11) is 0. The molecule has 2 nitrogen and oxygen atoms in total. The summed E-state index contributed by atoms with van der Waals surface area (Å²) >= 11 is 0. The lowest BCUT2D eigenvalue weighted by Crippen LogP contribution is -2.18. The van der Waals surface area contributed by atoms with Crippen LogP contribution >= 0.6 is 0 Å². The molecule has 0 N–H and O–H groups in total. The third-order valence-corrected chi connectivity index (χ3v) is 2.06. The maximum Gasteiger partial charge on any atom is 0.308 e. The summed E-state index contributed by atoms with van der Waals surface area (Å²) in [6.07, 6.45) is 4.80. The number of hydrogen-bond acceptors (Lipinski definition) is 2. The van der Waals surface area contributed by atoms with Crippen LogP contribution in [0.25, 0.3) is 0 Å². The number of rotatable bonds is 2. The van der Waals surface area contributed by atoms with Crippen molar-refractivity contribution in [2.45, 2.75) is 59.5 Å². The van der Waals surface area contributed by atoms with Gasteiger partial charge in [0.15, 0.2) is 0 Å². The maximum atomic E-state index is 11.1. The third kappa shape index (κ3) is 4.91. The van der Waals surface area contributed by atoms with Crippen LogP contribution in [-0.4, -0.2) is 12.1 Å². The first kappa shape index (κ1) is 12.5. The van der Waals surface area contributed by atoms with Gasteiger partial charge < -0.3 is 4.74 Å². The van der Waals surface area contributed by atoms with Gasteiger partial charge in [-0.2, -0.15) is 0 Å². The molecule has 0 saturated heterocycles. The molecule has 0 bridgehead atoms. The molecular formula is C11H22O2. The highest BCUT2D eigenvalue weighted by Gasteiger charge is 2.20. The van der Waals surface area contributed by atoms with E-state index in [4.69, 9.17) is 4.74 Å². The molecule has 1 saturated carbocycles. The Kier molecular flexibility index (Phi) is 6.65. The Bertz CT molecular complexity index is 135. The quantitative estimate of drug-likeness (QED) is 0.619. The van der Waals surface area contributed by atoms with Gasteiger partial charge in [-0.25, -0.2) is 0 Å². The molecule has 0 aromatic heterocycles. The van der Waals surface area contributed by atoms with Crippen molar-refractivity contribution in [1.82, 2.24) is 0 Å². The molecule has 1 aliphatic carbocycles. The Balaban J connectivity index is 0.000000671. The van der Waals surface area contributed by atoms with E-state index in [0.717, 1.165) is 12.8 Å². The lowest BCUT2D eigenvalue weighted by atomic mass is 10.2. The lowest BCUT2D eigenvalue weighted by Gasteiger charge is -2.12. The first-order chi connectivity index (χ1) is 6.20. The summed E-state index contributed by atoms with van der Waals surface area (Å²) in [6.45, 7) is 7.74. The minimum Gasteiger partial charge on any atom is -0.462 e. The summed E-state index contributed by atoms with van der Waals surface area (Å²) in [5.41, 5.74) is 0. The van der Waals surface area contributed by atoms with E-state index in [-0.39, 0.29) is 18.0 Å². The topological polar surface area (TPSA) is 26.3 Å². The van der Waals surface area contributed by atoms with Crippen molar-refractivity contribution < 1.29 is 9.53 Å². The van der Waals surface area contributed by atoms with E-state index in [0.29, 0.717) is 0 Å². The van der Waals surface area contributed by atoms with Crippen LogP contribution in [0.3, 0.4) is 0 Å². The van der Waals surface area contributed by atoms with Crippen molar-refractivity contribution in [3.63, 3.8) is 0 Å². The molecule has 0 spiro atoms. The molecule has 0 unspecified atom stereocenters. The Morgan fingerprint density at radius 3 is 2.08 bits per heavy atom. The zero-order chi connectivity index (χ0) is 10.3. The van der Waals surface area contributed by atoms with Gasteiger partial charge in [-0.1, -0.05) is 27.7 Å². The SMILES string of the molecule is CC.CC(C)C(=O)OC1CCCC1. The van der Waals surface area contributed by atoms with Gasteiger partial charge in [0.25, 0.3) is 0 Å². The van der Waals surface area contributed by atoms with Crippen LogP contribution in [0, 0.1) is 5.92 Å². The molecule has 0 aliphatic heterocycles. The van der Waals surface area contributed by atoms with Gasteiger partial charge in [-0.15, -0.1) is 0 Å². The number of ether oxygens (including phenoxy) is 1. The predicted octanol–water partition coefficient (Wildman–Crippen LogP) is 3.15. The van der Waals surface area contributed by atoms with Crippen LogP contribution in [0.15, 0.2) is 0 Å². The Morgan fingerprint density at radius 1 is 1.23 bits per heavy atom. The summed E-state index contributed by atoms with van der Waals surface area (Å²) < 4.78 is 5.23. The van der Waals surface area contributed by atoms with E-state index in [2.05, 4.69) is 0 Å². The van der Waals surface area contributed by atoms with Crippen molar-refractivity contribution in [3.8, 4) is 0 Å². The second kappa shape index (κ2) is 6.93. The van der Waals surface area contributed by atoms with Crippen LogP contribution in [0.5, 0.6) is 0 Å². The molecular weight excluding hydrogens is 164 g/mol. The summed E-state index contributed by atoms with van der Waals surface area (Å²) in [6, 6.07) is 0. The van der Waals surface area contributed by atoms with Crippen molar-refractivity contribution in [2.75, 3.05) is 0 Å². The van der Waals surface area contributed by atoms with Crippen molar-refractivity contribution >= 4 is 5.97 Å². The predicted molar refractivity (Wildman–Crippen MR) is 54.5 cm³/mol. The number of carbonyl (C=O) groups is 1. The highest BCUT2D eigenvalue weighted by molar-refractivity contribution is 5.71. The largest absolute Gasteiger partial charge is 0.462 e. The average molecular weight is 186 g/mol. The molecule has 0 aromatic rings. The first-order valence-electron chi connectivity index (χ1n) is 5.40. The number of carbonyl (C=O) groups excluding carboxylic acids is 1. The van der Waals surface area contributed by atoms with Gasteiger partial charge in [0.2, 0.25) is 0 Å². The molecule has 1 aliphatic rings. The zero-order valence-corrected chi connectivity index (χ0v) is 9.30. The van der Waals surface area contributed by atoms with Crippen molar-refractivity contribution in [2.24, 2.45) is 5.92 Å². The van der Waals surface area contributed by atoms with Gasteiger partial charge in [-0.3, -0.25) is 4.79 Å². The van der Waals surface area contributed by atoms with E-state index < -0.39 is 0 Å². The lowest BCUT2D eigenvalue weighted by molar-refractivity contribution is -0.152. The summed E-state index contributed by atoms with van der Waals surface area (Å²) in [5, 5.41) is 0. The van der Waals surface area contributed by atoms with Crippen molar-refractivity contribution in [1.29, 1.82) is 0 Å². The highest BCUT2D eigenvalue weighted by Crippen LogP contribution is 2.21. The van der Waals surface area contributed by atoms with Gasteiger partial charge in [0, 0.05) is 0 Å². The van der Waals surface area contributed by atoms with Crippen molar-refractivity contribution in [3.05, 3.63) is 0 Å². The van der Waals surface area contributed by atoms with Gasteiger partial charge in [-0.05, 0) is 25.7 Å². The molecule has 13 heavy (non-hydrogen) atoms. The molecule has 1 fully saturated rings. The second-order valence-electron chi connectivity index (χ2n) is 3.50. The monoisotopic (exact) mass is 186 g/mol. The molecule has 0 heterocycles. The summed E-state index contributed by atoms with van der Waals surface area (Å²) in [5.74, 6) is -0.0208. The Morgan fingerprint density at radius 2 is 1.69 bits per heavy atom. The first-order valence-corrected chi connectivity index (χ1v) is 5.40. The van der Waals surface area contributed by atoms with Crippen LogP contribution < -0.4 is 0 Å². The molecule has 78 valence electrons. The fourth-order valence-corrected chi connectivity index (χ4v) is 1.31. The smallest absolute Gasteiger partial charge is 0.308 e. The van der Waals surface area contributed by atoms with Crippen LogP contribution in [0.1, 0.15) is 53.4 Å². The standard InChI is InChI=1S/C9H16O2.C2H6/c1-7(2)9(10)11-8-5-3-4-6-8;1-2/h7-8H,3-6H2,1-2H3;1-2H3. The molecule has 0 aromatic carbocycles. The van der Waals surface area contributed by atoms with E-state index in [1.165, 1.54) is 12.8 Å². The molecule has 0 atom stereocenters. The highest BCUT2D eigenvalue weighted by atomic mass is 16.5. The van der Waals surface area contributed by atoms with E-state index >= 15 is 0 Å². The van der Waals surface area contributed by atoms with Gasteiger partial charge in [0.05, 0.1) is 5.92 Å². The zero-order valence-electron chi connectivity index (χ0n) is 9.30. The average Bonchev–Trinajstić information content (AvgIpc) is 2.60. The van der Waals surface area contributed by atoms with Gasteiger partial charge in [0.1, 0.15) is 6.10 Å². The molecule has 2 heteroatoms. The van der Waals surface area contributed by atoms with E-state index in [1.807, 2.05) is 27.7 Å². The van der Waals surface area contributed by atoms with Crippen LogP contribution in [0.2, 0.25) is 0 Å². The number of esters is 1. The van der Waals surface area contributed by atoms with E-state index in [1.54, 1.807) is 0 Å². The molecule has 1 rings (SSSR count). The van der Waals surface area contributed by atoms with Gasteiger partial charge >= 0.3 is 5.97 Å². The Labute approximate surface area is 81.7 Å². The minimum atomic E-state index is -0.0445. The van der Waals surface area contributed by atoms with Crippen LogP contribution in [-0.2, 0) is 9.53 Å². The molecule has 0 radical (unpaired) electrons. The van der Waals surface area contributed by atoms with E-state index in [9.17, 15) is 4.79 Å². The van der Waals surface area contributed by atoms with Crippen LogP contribution in [0.4, 0.5) is 0 Å². The maximum absolute atomic E-state index is 11.1. The molecule has 0 amide bonds. The third-order valence-electron chi connectivity index (χ3n) is 2.06. The fraction of sp³-hybridized carbons (Fsp3) is 0.909. The minimum absolute atomic E-state index is 0.0237. The Hall–Kier alpha value is -0.530. The number of hydrogen-bond donors (Lipinski definition) is 0. The summed E-state index contributed by atoms with van der Waals surface area (Å²) in [4.78, 5) is 11.1. The normalized spacial score (nSPS) is 16.7.